The number of halogens is 1. The fourth-order valence-electron chi connectivity index (χ4n) is 1.96. The predicted octanol–water partition coefficient (Wildman–Crippen LogP) is -0.0597. The molecule has 1 atom stereocenters. The lowest BCUT2D eigenvalue weighted by atomic mass is 10.4. The van der Waals surface area contributed by atoms with Gasteiger partial charge in [0.2, 0.25) is 9.84 Å². The molecule has 4 nitrogen and oxygen atoms in total. The maximum absolute atomic E-state index is 12.2. The van der Waals surface area contributed by atoms with Gasteiger partial charge in [-0.3, -0.25) is 0 Å². The Morgan fingerprint density at radius 3 is 2.44 bits per heavy atom. The van der Waals surface area contributed by atoms with Gasteiger partial charge in [-0.1, -0.05) is 29.8 Å². The highest BCUT2D eigenvalue weighted by molar-refractivity contribution is 7.93. The van der Waals surface area contributed by atoms with Crippen LogP contribution in [0.5, 0.6) is 0 Å². The van der Waals surface area contributed by atoms with Gasteiger partial charge in [0.15, 0.2) is 4.71 Å². The van der Waals surface area contributed by atoms with E-state index in [1.165, 1.54) is 4.90 Å². The van der Waals surface area contributed by atoms with Gasteiger partial charge in [-0.15, -0.1) is 0 Å². The van der Waals surface area contributed by atoms with Crippen LogP contribution < -0.4 is 4.90 Å². The molecule has 1 aromatic carbocycles. The Morgan fingerprint density at radius 1 is 1.22 bits per heavy atom. The molecular weight excluding hydrogens is 274 g/mol. The molecule has 1 aromatic rings. The van der Waals surface area contributed by atoms with E-state index in [0.29, 0.717) is 19.8 Å². The number of alkyl halides is 1. The maximum atomic E-state index is 12.2. The molecule has 6 heteroatoms. The molecule has 1 heterocycles. The second-order valence-corrected chi connectivity index (χ2v) is 7.25. The summed E-state index contributed by atoms with van der Waals surface area (Å²) in [6, 6.07) is 8.37. The van der Waals surface area contributed by atoms with Gasteiger partial charge in [0.05, 0.1) is 18.1 Å². The lowest BCUT2D eigenvalue weighted by molar-refractivity contribution is -0.906. The standard InChI is InChI=1S/C12H16ClNO3S/c13-12(10-14-6-8-17-9-7-14)18(15,16)11-4-2-1-3-5-11/h1-5,12H,6-10H2/p+1/t12-/m1/s1. The van der Waals surface area contributed by atoms with Gasteiger partial charge in [0.25, 0.3) is 0 Å². The van der Waals surface area contributed by atoms with E-state index >= 15 is 0 Å². The van der Waals surface area contributed by atoms with Gasteiger partial charge in [0.1, 0.15) is 19.6 Å². The van der Waals surface area contributed by atoms with Crippen LogP contribution in [0.25, 0.3) is 0 Å². The fourth-order valence-corrected chi connectivity index (χ4v) is 3.77. The van der Waals surface area contributed by atoms with E-state index in [1.54, 1.807) is 30.3 Å². The van der Waals surface area contributed by atoms with Crippen LogP contribution in [0.1, 0.15) is 0 Å². The van der Waals surface area contributed by atoms with Crippen LogP contribution in [0.3, 0.4) is 0 Å². The number of hydrogen-bond acceptors (Lipinski definition) is 3. The zero-order chi connectivity index (χ0) is 13.0. The minimum absolute atomic E-state index is 0.289. The van der Waals surface area contributed by atoms with Crippen LogP contribution in [0.2, 0.25) is 0 Å². The Bertz CT molecular complexity index is 471. The summed E-state index contributed by atoms with van der Waals surface area (Å²) in [4.78, 5) is 1.47. The molecule has 0 aliphatic carbocycles. The number of nitrogens with one attached hydrogen (secondary N) is 1. The highest BCUT2D eigenvalue weighted by atomic mass is 35.5. The molecule has 18 heavy (non-hydrogen) atoms. The van der Waals surface area contributed by atoms with Gasteiger partial charge in [-0.2, -0.15) is 0 Å². The van der Waals surface area contributed by atoms with Gasteiger partial charge in [-0.05, 0) is 12.1 Å². The summed E-state index contributed by atoms with van der Waals surface area (Å²) in [5, 5.41) is 0. The first-order valence-electron chi connectivity index (χ1n) is 5.95. The van der Waals surface area contributed by atoms with Crippen molar-refractivity contribution >= 4 is 21.4 Å². The maximum Gasteiger partial charge on any atom is 0.200 e. The molecular formula is C12H17ClNO3S+. The van der Waals surface area contributed by atoms with Gasteiger partial charge >= 0.3 is 0 Å². The Morgan fingerprint density at radius 2 is 1.83 bits per heavy atom. The first kappa shape index (κ1) is 13.8. The van der Waals surface area contributed by atoms with Crippen molar-refractivity contribution < 1.29 is 18.1 Å². The molecule has 1 N–H and O–H groups in total. The molecule has 0 unspecified atom stereocenters. The zero-order valence-electron chi connectivity index (χ0n) is 10.0. The second kappa shape index (κ2) is 6.02. The molecule has 0 amide bonds. The van der Waals surface area contributed by atoms with Crippen molar-refractivity contribution in [2.75, 3.05) is 32.8 Å². The van der Waals surface area contributed by atoms with Gasteiger partial charge < -0.3 is 9.64 Å². The number of benzene rings is 1. The van der Waals surface area contributed by atoms with Crippen molar-refractivity contribution in [3.05, 3.63) is 30.3 Å². The van der Waals surface area contributed by atoms with Crippen molar-refractivity contribution in [3.63, 3.8) is 0 Å². The van der Waals surface area contributed by atoms with Crippen molar-refractivity contribution in [3.8, 4) is 0 Å². The third-order valence-corrected chi connectivity index (χ3v) is 5.68. The number of sulfone groups is 1. The fraction of sp³-hybridized carbons (Fsp3) is 0.500. The predicted molar refractivity (Wildman–Crippen MR) is 69.7 cm³/mol. The van der Waals surface area contributed by atoms with Crippen LogP contribution in [0.4, 0.5) is 0 Å². The molecule has 0 radical (unpaired) electrons. The molecule has 0 spiro atoms. The van der Waals surface area contributed by atoms with Gasteiger partial charge in [0, 0.05) is 0 Å². The lowest BCUT2D eigenvalue weighted by Crippen LogP contribution is -3.15. The molecule has 0 aromatic heterocycles. The summed E-state index contributed by atoms with van der Waals surface area (Å²) < 4.78 is 28.8. The van der Waals surface area contributed by atoms with Crippen LogP contribution in [-0.4, -0.2) is 46.0 Å². The monoisotopic (exact) mass is 290 g/mol. The summed E-state index contributed by atoms with van der Waals surface area (Å²) in [5.74, 6) is 0. The van der Waals surface area contributed by atoms with Crippen molar-refractivity contribution in [2.24, 2.45) is 0 Å². The molecule has 1 aliphatic heterocycles. The largest absolute Gasteiger partial charge is 0.370 e. The molecule has 100 valence electrons. The summed E-state index contributed by atoms with van der Waals surface area (Å²) >= 11 is 6.09. The highest BCUT2D eigenvalue weighted by Gasteiger charge is 2.30. The summed E-state index contributed by atoms with van der Waals surface area (Å²) in [6.07, 6.45) is 0. The Kier molecular flexibility index (Phi) is 4.61. The third-order valence-electron chi connectivity index (χ3n) is 3.06. The third kappa shape index (κ3) is 3.23. The average Bonchev–Trinajstić information content (AvgIpc) is 2.41. The Hall–Kier alpha value is -0.620. The lowest BCUT2D eigenvalue weighted by Gasteiger charge is -2.25. The first-order chi connectivity index (χ1) is 8.60. The second-order valence-electron chi connectivity index (χ2n) is 4.33. The van der Waals surface area contributed by atoms with Crippen molar-refractivity contribution in [2.45, 2.75) is 9.60 Å². The topological polar surface area (TPSA) is 47.8 Å². The Labute approximate surface area is 112 Å². The van der Waals surface area contributed by atoms with Crippen molar-refractivity contribution in [1.82, 2.24) is 0 Å². The van der Waals surface area contributed by atoms with E-state index in [1.807, 2.05) is 0 Å². The molecule has 2 rings (SSSR count). The van der Waals surface area contributed by atoms with Crippen LogP contribution in [0, 0.1) is 0 Å². The highest BCUT2D eigenvalue weighted by Crippen LogP contribution is 2.17. The number of rotatable bonds is 4. The van der Waals surface area contributed by atoms with Gasteiger partial charge in [-0.25, -0.2) is 8.42 Å². The normalized spacial score (nSPS) is 19.6. The summed E-state index contributed by atoms with van der Waals surface area (Å²) in [6.45, 7) is 3.39. The Balaban J connectivity index is 2.05. The van der Waals surface area contributed by atoms with E-state index in [-0.39, 0.29) is 4.90 Å². The van der Waals surface area contributed by atoms with Crippen molar-refractivity contribution in [1.29, 1.82) is 0 Å². The minimum Gasteiger partial charge on any atom is -0.370 e. The number of morpholine rings is 1. The molecule has 0 saturated carbocycles. The smallest absolute Gasteiger partial charge is 0.200 e. The first-order valence-corrected chi connectivity index (χ1v) is 7.93. The zero-order valence-corrected chi connectivity index (χ0v) is 11.6. The molecule has 1 aliphatic rings. The van der Waals surface area contributed by atoms with Crippen LogP contribution in [0.15, 0.2) is 35.2 Å². The molecule has 1 saturated heterocycles. The quantitative estimate of drug-likeness (QED) is 0.791. The van der Waals surface area contributed by atoms with E-state index in [9.17, 15) is 8.42 Å². The van der Waals surface area contributed by atoms with E-state index in [0.717, 1.165) is 13.1 Å². The summed E-state index contributed by atoms with van der Waals surface area (Å²) in [5.41, 5.74) is 0. The molecule has 1 fully saturated rings. The average molecular weight is 291 g/mol. The number of quaternary nitrogens is 1. The summed E-state index contributed by atoms with van der Waals surface area (Å²) in [7, 11) is -3.43. The van der Waals surface area contributed by atoms with E-state index < -0.39 is 14.5 Å². The number of hydrogen-bond donors (Lipinski definition) is 1. The minimum atomic E-state index is -3.43. The van der Waals surface area contributed by atoms with Crippen LogP contribution in [-0.2, 0) is 14.6 Å². The number of ether oxygens (including phenoxy) is 1. The SMILES string of the molecule is O=S(=O)(c1ccccc1)[C@@H](Cl)C[NH+]1CCOCC1. The molecule has 0 bridgehead atoms. The van der Waals surface area contributed by atoms with E-state index in [2.05, 4.69) is 0 Å². The van der Waals surface area contributed by atoms with Crippen LogP contribution >= 0.6 is 11.6 Å². The van der Waals surface area contributed by atoms with E-state index in [4.69, 9.17) is 16.3 Å².